The van der Waals surface area contributed by atoms with Crippen molar-refractivity contribution in [2.75, 3.05) is 13.7 Å². The van der Waals surface area contributed by atoms with E-state index in [1.807, 2.05) is 37.5 Å². The van der Waals surface area contributed by atoms with E-state index < -0.39 is 0 Å². The lowest BCUT2D eigenvalue weighted by Gasteiger charge is -2.35. The molecule has 0 unspecified atom stereocenters. The second kappa shape index (κ2) is 5.57. The summed E-state index contributed by atoms with van der Waals surface area (Å²) in [5, 5.41) is 4.47. The van der Waals surface area contributed by atoms with Crippen LogP contribution in [0.15, 0.2) is 30.5 Å². The number of carbonyl (C=O) groups excluding carboxylic acids is 1. The molecule has 0 fully saturated rings. The van der Waals surface area contributed by atoms with Crippen LogP contribution < -0.4 is 4.74 Å². The largest absolute Gasteiger partial charge is 0.497 e. The Morgan fingerprint density at radius 2 is 2.27 bits per heavy atom. The maximum Gasteiger partial charge on any atom is 0.299 e. The van der Waals surface area contributed by atoms with Crippen LogP contribution in [-0.2, 0) is 18.3 Å². The molecule has 0 saturated heterocycles. The average Bonchev–Trinajstić information content (AvgIpc) is 2.98. The molecule has 2 aromatic rings. The van der Waals surface area contributed by atoms with Crippen molar-refractivity contribution in [3.63, 3.8) is 0 Å². The fourth-order valence-electron chi connectivity index (χ4n) is 2.93. The van der Waals surface area contributed by atoms with Gasteiger partial charge in [-0.3, -0.25) is 9.48 Å². The third kappa shape index (κ3) is 2.33. The Morgan fingerprint density at radius 3 is 2.91 bits per heavy atom. The van der Waals surface area contributed by atoms with Gasteiger partial charge in [-0.15, -0.1) is 6.42 Å². The molecule has 112 valence electrons. The van der Waals surface area contributed by atoms with E-state index in [-0.39, 0.29) is 11.9 Å². The Bertz CT molecular complexity index is 758. The molecular weight excluding hydrogens is 278 g/mol. The Labute approximate surface area is 129 Å². The number of aryl methyl sites for hydroxylation is 1. The van der Waals surface area contributed by atoms with Crippen LogP contribution >= 0.6 is 0 Å². The number of fused-ring (bicyclic) bond motifs is 1. The normalized spacial score (nSPS) is 16.8. The zero-order valence-electron chi connectivity index (χ0n) is 12.6. The predicted octanol–water partition coefficient (Wildman–Crippen LogP) is 1.54. The van der Waals surface area contributed by atoms with Crippen molar-refractivity contribution in [3.05, 3.63) is 47.3 Å². The summed E-state index contributed by atoms with van der Waals surface area (Å²) in [6.45, 7) is 0.574. The highest BCUT2D eigenvalue weighted by Gasteiger charge is 2.33. The van der Waals surface area contributed by atoms with Gasteiger partial charge >= 0.3 is 0 Å². The van der Waals surface area contributed by atoms with Crippen LogP contribution in [0.3, 0.4) is 0 Å². The number of hydrogen-bond acceptors (Lipinski definition) is 3. The van der Waals surface area contributed by atoms with Crippen LogP contribution in [-0.4, -0.2) is 34.2 Å². The first kappa shape index (κ1) is 14.2. The number of carbonyl (C=O) groups is 1. The summed E-state index contributed by atoms with van der Waals surface area (Å²) in [5.41, 5.74) is 3.03. The van der Waals surface area contributed by atoms with E-state index >= 15 is 0 Å². The lowest BCUT2D eigenvalue weighted by atomic mass is 9.90. The van der Waals surface area contributed by atoms with Crippen molar-refractivity contribution in [2.45, 2.75) is 12.5 Å². The highest BCUT2D eigenvalue weighted by molar-refractivity contribution is 5.93. The zero-order chi connectivity index (χ0) is 15.7. The van der Waals surface area contributed by atoms with E-state index in [2.05, 4.69) is 11.0 Å². The smallest absolute Gasteiger partial charge is 0.299 e. The molecule has 5 heteroatoms. The van der Waals surface area contributed by atoms with E-state index in [0.29, 0.717) is 6.54 Å². The number of amides is 1. The monoisotopic (exact) mass is 295 g/mol. The summed E-state index contributed by atoms with van der Waals surface area (Å²) in [7, 11) is 3.50. The molecule has 1 aliphatic rings. The van der Waals surface area contributed by atoms with Gasteiger partial charge in [0.05, 0.1) is 12.8 Å². The second-order valence-electron chi connectivity index (χ2n) is 5.27. The molecule has 0 saturated carbocycles. The number of methoxy groups -OCH3 is 1. The fourth-order valence-corrected chi connectivity index (χ4v) is 2.93. The van der Waals surface area contributed by atoms with Crippen LogP contribution in [0.4, 0.5) is 0 Å². The summed E-state index contributed by atoms with van der Waals surface area (Å²) < 4.78 is 7.02. The van der Waals surface area contributed by atoms with Crippen LogP contribution in [0.2, 0.25) is 0 Å². The first-order valence-electron chi connectivity index (χ1n) is 7.07. The molecule has 5 nitrogen and oxygen atoms in total. The third-order valence-corrected chi connectivity index (χ3v) is 3.98. The van der Waals surface area contributed by atoms with Gasteiger partial charge in [0.1, 0.15) is 11.8 Å². The number of ether oxygens (including phenoxy) is 1. The minimum Gasteiger partial charge on any atom is -0.497 e. The number of nitrogens with zero attached hydrogens (tertiary/aromatic N) is 3. The quantitative estimate of drug-likeness (QED) is 0.790. The molecule has 1 atom stereocenters. The van der Waals surface area contributed by atoms with Crippen molar-refractivity contribution in [1.82, 2.24) is 14.7 Å². The van der Waals surface area contributed by atoms with Gasteiger partial charge in [-0.1, -0.05) is 6.07 Å². The van der Waals surface area contributed by atoms with E-state index in [4.69, 9.17) is 11.2 Å². The minimum atomic E-state index is -0.308. The summed E-state index contributed by atoms with van der Waals surface area (Å²) in [6, 6.07) is 7.57. The molecule has 1 aliphatic heterocycles. The highest BCUT2D eigenvalue weighted by Crippen LogP contribution is 2.35. The molecule has 2 heterocycles. The van der Waals surface area contributed by atoms with Gasteiger partial charge in [0.2, 0.25) is 0 Å². The van der Waals surface area contributed by atoms with Crippen LogP contribution in [0.1, 0.15) is 22.9 Å². The number of aromatic nitrogens is 2. The van der Waals surface area contributed by atoms with Gasteiger partial charge in [-0.05, 0) is 41.7 Å². The molecule has 0 radical (unpaired) electrons. The van der Waals surface area contributed by atoms with E-state index in [1.165, 1.54) is 0 Å². The van der Waals surface area contributed by atoms with Gasteiger partial charge in [0, 0.05) is 19.8 Å². The Kier molecular flexibility index (Phi) is 3.60. The third-order valence-electron chi connectivity index (χ3n) is 3.98. The SMILES string of the molecule is C#CC(=O)N1CCc2cc(OC)ccc2[C@@H]1c1ccn(C)n1. The molecule has 0 N–H and O–H groups in total. The molecule has 1 aromatic heterocycles. The van der Waals surface area contributed by atoms with Crippen LogP contribution in [0.5, 0.6) is 5.75 Å². The molecule has 1 amide bonds. The first-order valence-corrected chi connectivity index (χ1v) is 7.07. The van der Waals surface area contributed by atoms with Gasteiger partial charge in [-0.2, -0.15) is 5.10 Å². The summed E-state index contributed by atoms with van der Waals surface area (Å²) in [5.74, 6) is 2.73. The highest BCUT2D eigenvalue weighted by atomic mass is 16.5. The van der Waals surface area contributed by atoms with Crippen molar-refractivity contribution >= 4 is 5.91 Å². The van der Waals surface area contributed by atoms with Crippen molar-refractivity contribution in [3.8, 4) is 18.1 Å². The summed E-state index contributed by atoms with van der Waals surface area (Å²) in [4.78, 5) is 13.8. The van der Waals surface area contributed by atoms with Crippen molar-refractivity contribution < 1.29 is 9.53 Å². The van der Waals surface area contributed by atoms with Gasteiger partial charge in [0.15, 0.2) is 0 Å². The standard InChI is InChI=1S/C17H17N3O2/c1-4-16(21)20-10-7-12-11-13(22-3)5-6-14(12)17(20)15-8-9-19(2)18-15/h1,5-6,8-9,11,17H,7,10H2,2-3H3/t17-/m1/s1. The molecule has 22 heavy (non-hydrogen) atoms. The van der Waals surface area contributed by atoms with Crippen LogP contribution in [0.25, 0.3) is 0 Å². The average molecular weight is 295 g/mol. The van der Waals surface area contributed by atoms with Crippen molar-refractivity contribution in [1.29, 1.82) is 0 Å². The predicted molar refractivity (Wildman–Crippen MR) is 82.3 cm³/mol. The van der Waals surface area contributed by atoms with E-state index in [0.717, 1.165) is 29.0 Å². The minimum absolute atomic E-state index is 0.251. The Balaban J connectivity index is 2.11. The maximum absolute atomic E-state index is 12.1. The second-order valence-corrected chi connectivity index (χ2v) is 5.27. The van der Waals surface area contributed by atoms with Gasteiger partial charge < -0.3 is 9.64 Å². The lowest BCUT2D eigenvalue weighted by Crippen LogP contribution is -2.40. The molecule has 1 aromatic carbocycles. The van der Waals surface area contributed by atoms with Gasteiger partial charge in [-0.25, -0.2) is 0 Å². The van der Waals surface area contributed by atoms with E-state index in [1.54, 1.807) is 16.7 Å². The molecule has 3 rings (SSSR count). The Morgan fingerprint density at radius 1 is 1.45 bits per heavy atom. The zero-order valence-corrected chi connectivity index (χ0v) is 12.6. The van der Waals surface area contributed by atoms with Crippen molar-refractivity contribution in [2.24, 2.45) is 7.05 Å². The van der Waals surface area contributed by atoms with E-state index in [9.17, 15) is 4.79 Å². The lowest BCUT2D eigenvalue weighted by molar-refractivity contribution is -0.127. The topological polar surface area (TPSA) is 47.4 Å². The molecular formula is C17H17N3O2. The van der Waals surface area contributed by atoms with Gasteiger partial charge in [0.25, 0.3) is 5.91 Å². The summed E-state index contributed by atoms with van der Waals surface area (Å²) in [6.07, 6.45) is 7.95. The fraction of sp³-hybridized carbons (Fsp3) is 0.294. The van der Waals surface area contributed by atoms with Crippen LogP contribution in [0, 0.1) is 12.3 Å². The molecule has 0 spiro atoms. The summed E-state index contributed by atoms with van der Waals surface area (Å²) >= 11 is 0. The molecule has 0 aliphatic carbocycles. The number of benzene rings is 1. The first-order chi connectivity index (χ1) is 10.6. The molecule has 0 bridgehead atoms. The number of hydrogen-bond donors (Lipinski definition) is 0. The Hall–Kier alpha value is -2.74. The number of terminal acetylenes is 1. The number of rotatable bonds is 2. The maximum atomic E-state index is 12.1.